The van der Waals surface area contributed by atoms with Gasteiger partial charge in [-0.25, -0.2) is 19.6 Å². The molecule has 31 heavy (non-hydrogen) atoms. The number of carboxylic acids is 2. The molecule has 5 aromatic rings. The summed E-state index contributed by atoms with van der Waals surface area (Å²) in [5, 5.41) is 17.4. The summed E-state index contributed by atoms with van der Waals surface area (Å²) < 4.78 is 0. The van der Waals surface area contributed by atoms with Gasteiger partial charge < -0.3 is 20.2 Å². The fourth-order valence-electron chi connectivity index (χ4n) is 2.86. The van der Waals surface area contributed by atoms with Crippen LogP contribution in [0, 0.1) is 6.92 Å². The van der Waals surface area contributed by atoms with Crippen molar-refractivity contribution in [2.24, 2.45) is 0 Å². The summed E-state index contributed by atoms with van der Waals surface area (Å²) in [4.78, 5) is 35.4. The molecule has 156 valence electrons. The predicted molar refractivity (Wildman–Crippen MR) is 117 cm³/mol. The average molecular weight is 416 g/mol. The van der Waals surface area contributed by atoms with E-state index in [1.807, 2.05) is 48.5 Å². The van der Waals surface area contributed by atoms with Crippen LogP contribution in [0.25, 0.3) is 22.1 Å². The van der Waals surface area contributed by atoms with E-state index in [9.17, 15) is 9.59 Å². The van der Waals surface area contributed by atoms with Gasteiger partial charge in [-0.15, -0.1) is 0 Å². The number of carboxylic acid groups (broad SMARTS) is 2. The summed E-state index contributed by atoms with van der Waals surface area (Å²) in [7, 11) is 0. The van der Waals surface area contributed by atoms with Gasteiger partial charge in [0.2, 0.25) is 0 Å². The van der Waals surface area contributed by atoms with E-state index in [4.69, 9.17) is 10.2 Å². The molecule has 0 amide bonds. The lowest BCUT2D eigenvalue weighted by molar-refractivity contribution is 0.0696. The van der Waals surface area contributed by atoms with Gasteiger partial charge in [0, 0.05) is 0 Å². The lowest BCUT2D eigenvalue weighted by Gasteiger charge is -2.03. The molecule has 5 rings (SSSR count). The Morgan fingerprint density at radius 1 is 0.677 bits per heavy atom. The van der Waals surface area contributed by atoms with E-state index in [2.05, 4.69) is 19.9 Å². The van der Waals surface area contributed by atoms with E-state index in [-0.39, 0.29) is 16.7 Å². The highest BCUT2D eigenvalue weighted by atomic mass is 16.4. The number of fused-ring (bicyclic) bond motifs is 2. The molecular formula is C23H20N4O4. The van der Waals surface area contributed by atoms with Crippen molar-refractivity contribution >= 4 is 34.0 Å². The molecular weight excluding hydrogens is 396 g/mol. The normalized spacial score (nSPS) is 9.97. The first-order valence-corrected chi connectivity index (χ1v) is 9.30. The predicted octanol–water partition coefficient (Wildman–Crippen LogP) is 4.52. The van der Waals surface area contributed by atoms with Gasteiger partial charge in [0.05, 0.1) is 45.8 Å². The van der Waals surface area contributed by atoms with Crippen LogP contribution >= 0.6 is 0 Å². The number of imidazole rings is 2. The molecule has 0 spiro atoms. The smallest absolute Gasteiger partial charge is 0.335 e. The third-order valence-electron chi connectivity index (χ3n) is 4.45. The van der Waals surface area contributed by atoms with Crippen LogP contribution in [0.15, 0.2) is 79.4 Å². The molecule has 0 unspecified atom stereocenters. The molecule has 0 radical (unpaired) electrons. The monoisotopic (exact) mass is 416 g/mol. The Bertz CT molecular complexity index is 1160. The SMILES string of the molecule is Cc1c(C(=O)O)cccc1C(=O)O.c1ccc2[nH]cnc2c1.c1ccc2[nH]cnc2c1. The van der Waals surface area contributed by atoms with E-state index < -0.39 is 11.9 Å². The molecule has 3 aromatic carbocycles. The van der Waals surface area contributed by atoms with Gasteiger partial charge in [0.1, 0.15) is 0 Å². The molecule has 0 atom stereocenters. The number of benzene rings is 3. The minimum absolute atomic E-state index is 0.0277. The Hall–Kier alpha value is -4.46. The second kappa shape index (κ2) is 9.84. The van der Waals surface area contributed by atoms with Crippen LogP contribution in [0.1, 0.15) is 26.3 Å². The van der Waals surface area contributed by atoms with E-state index in [1.54, 1.807) is 12.7 Å². The van der Waals surface area contributed by atoms with Crippen molar-refractivity contribution in [1.29, 1.82) is 0 Å². The van der Waals surface area contributed by atoms with Crippen molar-refractivity contribution in [3.8, 4) is 0 Å². The van der Waals surface area contributed by atoms with Crippen molar-refractivity contribution in [3.63, 3.8) is 0 Å². The second-order valence-electron chi connectivity index (χ2n) is 6.43. The molecule has 0 saturated heterocycles. The molecule has 0 aliphatic carbocycles. The number of para-hydroxylation sites is 4. The number of nitrogens with zero attached hydrogens (tertiary/aromatic N) is 2. The van der Waals surface area contributed by atoms with Crippen LogP contribution in [0.5, 0.6) is 0 Å². The van der Waals surface area contributed by atoms with Crippen LogP contribution < -0.4 is 0 Å². The van der Waals surface area contributed by atoms with Crippen LogP contribution in [-0.4, -0.2) is 42.1 Å². The standard InChI is InChI=1S/C9H8O4.2C7H6N2/c1-5-6(8(10)11)3-2-4-7(5)9(12)13;2*1-2-4-7-6(3-1)8-5-9-7/h2-4H,1H3,(H,10,11)(H,12,13);2*1-5H,(H,8,9). The average Bonchev–Trinajstić information content (AvgIpc) is 3.43. The zero-order valence-electron chi connectivity index (χ0n) is 16.6. The molecule has 8 nitrogen and oxygen atoms in total. The molecule has 2 heterocycles. The number of nitrogens with one attached hydrogen (secondary N) is 2. The molecule has 0 aliphatic heterocycles. The molecule has 2 aromatic heterocycles. The van der Waals surface area contributed by atoms with Gasteiger partial charge in [0.15, 0.2) is 0 Å². The van der Waals surface area contributed by atoms with Crippen molar-refractivity contribution < 1.29 is 19.8 Å². The maximum absolute atomic E-state index is 10.6. The summed E-state index contributed by atoms with van der Waals surface area (Å²) in [6, 6.07) is 20.1. The summed E-state index contributed by atoms with van der Waals surface area (Å²) in [5.41, 5.74) is 4.58. The van der Waals surface area contributed by atoms with E-state index in [1.165, 1.54) is 25.1 Å². The van der Waals surface area contributed by atoms with E-state index in [0.717, 1.165) is 22.1 Å². The lowest BCUT2D eigenvalue weighted by atomic mass is 10.0. The highest BCUT2D eigenvalue weighted by Crippen LogP contribution is 2.13. The maximum atomic E-state index is 10.6. The highest BCUT2D eigenvalue weighted by molar-refractivity contribution is 5.96. The molecule has 0 bridgehead atoms. The Balaban J connectivity index is 0.000000135. The quantitative estimate of drug-likeness (QED) is 0.335. The number of carbonyl (C=O) groups is 2. The fourth-order valence-corrected chi connectivity index (χ4v) is 2.86. The van der Waals surface area contributed by atoms with Gasteiger partial charge in [-0.3, -0.25) is 0 Å². The first kappa shape index (κ1) is 21.3. The number of aromatic amines is 2. The van der Waals surface area contributed by atoms with Gasteiger partial charge in [-0.1, -0.05) is 30.3 Å². The van der Waals surface area contributed by atoms with Gasteiger partial charge in [-0.05, 0) is 48.9 Å². The molecule has 8 heteroatoms. The first-order valence-electron chi connectivity index (χ1n) is 9.30. The lowest BCUT2D eigenvalue weighted by Crippen LogP contribution is -2.06. The van der Waals surface area contributed by atoms with Crippen molar-refractivity contribution in [2.75, 3.05) is 0 Å². The number of rotatable bonds is 2. The Labute approximate surface area is 177 Å². The van der Waals surface area contributed by atoms with E-state index in [0.29, 0.717) is 0 Å². The Kier molecular flexibility index (Phi) is 6.74. The summed E-state index contributed by atoms with van der Waals surface area (Å²) in [6.45, 7) is 1.48. The van der Waals surface area contributed by atoms with Gasteiger partial charge >= 0.3 is 11.9 Å². The number of aromatic carboxylic acids is 2. The molecule has 0 fully saturated rings. The van der Waals surface area contributed by atoms with Crippen molar-refractivity contribution in [2.45, 2.75) is 6.92 Å². The highest BCUT2D eigenvalue weighted by Gasteiger charge is 2.13. The van der Waals surface area contributed by atoms with Crippen LogP contribution in [0.4, 0.5) is 0 Å². The first-order chi connectivity index (χ1) is 15.0. The van der Waals surface area contributed by atoms with Crippen LogP contribution in [-0.2, 0) is 0 Å². The third-order valence-corrected chi connectivity index (χ3v) is 4.45. The topological polar surface area (TPSA) is 132 Å². The number of aromatic nitrogens is 4. The summed E-state index contributed by atoms with van der Waals surface area (Å²) >= 11 is 0. The van der Waals surface area contributed by atoms with E-state index >= 15 is 0 Å². The Morgan fingerprint density at radius 3 is 1.48 bits per heavy atom. The minimum Gasteiger partial charge on any atom is -0.478 e. The van der Waals surface area contributed by atoms with Crippen LogP contribution in [0.2, 0.25) is 0 Å². The number of hydrogen-bond acceptors (Lipinski definition) is 4. The molecule has 0 saturated carbocycles. The van der Waals surface area contributed by atoms with Crippen molar-refractivity contribution in [3.05, 3.63) is 96.1 Å². The zero-order valence-corrected chi connectivity index (χ0v) is 16.6. The number of H-pyrrole nitrogens is 2. The third kappa shape index (κ3) is 5.33. The summed E-state index contributed by atoms with van der Waals surface area (Å²) in [6.07, 6.45) is 3.40. The van der Waals surface area contributed by atoms with Gasteiger partial charge in [0.25, 0.3) is 0 Å². The van der Waals surface area contributed by atoms with Crippen molar-refractivity contribution in [1.82, 2.24) is 19.9 Å². The maximum Gasteiger partial charge on any atom is 0.335 e. The zero-order chi connectivity index (χ0) is 22.2. The number of hydrogen-bond donors (Lipinski definition) is 4. The largest absolute Gasteiger partial charge is 0.478 e. The van der Waals surface area contributed by atoms with Crippen LogP contribution in [0.3, 0.4) is 0 Å². The summed E-state index contributed by atoms with van der Waals surface area (Å²) in [5.74, 6) is -2.22. The second-order valence-corrected chi connectivity index (χ2v) is 6.43. The molecule has 0 aliphatic rings. The Morgan fingerprint density at radius 2 is 1.10 bits per heavy atom. The fraction of sp³-hybridized carbons (Fsp3) is 0.0435. The molecule has 4 N–H and O–H groups in total. The minimum atomic E-state index is -1.11. The van der Waals surface area contributed by atoms with Gasteiger partial charge in [-0.2, -0.15) is 0 Å².